The monoisotopic (exact) mass is 190 g/mol. The fraction of sp³-hybridized carbons (Fsp3) is 1.00. The van der Waals surface area contributed by atoms with Gasteiger partial charge >= 0.3 is 0 Å². The van der Waals surface area contributed by atoms with E-state index in [4.69, 9.17) is 4.74 Å². The third-order valence-corrected chi connectivity index (χ3v) is 3.26. The Balaban J connectivity index is 2.01. The highest BCUT2D eigenvalue weighted by Crippen LogP contribution is 2.39. The minimum atomic E-state index is 0.606. The Morgan fingerprint density at radius 2 is 2.33 bits per heavy atom. The van der Waals surface area contributed by atoms with Gasteiger partial charge in [0.05, 0.1) is 12.2 Å². The molecule has 2 saturated heterocycles. The minimum Gasteiger partial charge on any atom is -0.375 e. The molecule has 2 aliphatic rings. The molecule has 0 aromatic heterocycles. The molecule has 0 radical (unpaired) electrons. The van der Waals surface area contributed by atoms with Crippen molar-refractivity contribution in [3.8, 4) is 0 Å². The number of hydrogen-bond acceptors (Lipinski definition) is 1. The molecule has 0 saturated carbocycles. The largest absolute Gasteiger partial charge is 0.375 e. The van der Waals surface area contributed by atoms with E-state index in [2.05, 4.69) is 15.9 Å². The second-order valence-corrected chi connectivity index (χ2v) is 3.67. The molecule has 2 heteroatoms. The summed E-state index contributed by atoms with van der Waals surface area (Å²) in [6.07, 6.45) is 5.15. The van der Waals surface area contributed by atoms with E-state index < -0.39 is 0 Å². The Bertz CT molecular complexity index is 115. The quantitative estimate of drug-likeness (QED) is 0.575. The maximum Gasteiger partial charge on any atom is 0.0616 e. The highest BCUT2D eigenvalue weighted by molar-refractivity contribution is 9.09. The van der Waals surface area contributed by atoms with E-state index in [0.29, 0.717) is 12.2 Å². The van der Waals surface area contributed by atoms with Crippen LogP contribution in [0.1, 0.15) is 19.3 Å². The van der Waals surface area contributed by atoms with Crippen molar-refractivity contribution in [2.45, 2.75) is 31.5 Å². The maximum absolute atomic E-state index is 5.65. The van der Waals surface area contributed by atoms with Crippen molar-refractivity contribution in [1.29, 1.82) is 0 Å². The van der Waals surface area contributed by atoms with Crippen molar-refractivity contribution in [2.75, 3.05) is 5.33 Å². The van der Waals surface area contributed by atoms with Crippen LogP contribution >= 0.6 is 15.9 Å². The minimum absolute atomic E-state index is 0.606. The molecule has 2 fully saturated rings. The molecule has 0 amide bonds. The Kier molecular flexibility index (Phi) is 1.54. The smallest absolute Gasteiger partial charge is 0.0616 e. The molecular formula is C7H11BrO. The summed E-state index contributed by atoms with van der Waals surface area (Å²) in [5.74, 6) is 0.823. The number of rotatable bonds is 1. The van der Waals surface area contributed by atoms with E-state index in [0.717, 1.165) is 11.2 Å². The van der Waals surface area contributed by atoms with Gasteiger partial charge in [0, 0.05) is 5.33 Å². The number of ether oxygens (including phenoxy) is 1. The molecule has 0 aliphatic carbocycles. The number of alkyl halides is 1. The summed E-state index contributed by atoms with van der Waals surface area (Å²) >= 11 is 3.50. The second-order valence-electron chi connectivity index (χ2n) is 3.02. The van der Waals surface area contributed by atoms with Gasteiger partial charge < -0.3 is 4.74 Å². The molecule has 0 spiro atoms. The summed E-state index contributed by atoms with van der Waals surface area (Å²) in [5.41, 5.74) is 0. The standard InChI is InChI=1S/C7H11BrO/c8-4-5-3-6-1-2-7(5)9-6/h5-7H,1-4H2. The van der Waals surface area contributed by atoms with Crippen LogP contribution in [0.4, 0.5) is 0 Å². The van der Waals surface area contributed by atoms with Gasteiger partial charge in [-0.1, -0.05) is 15.9 Å². The number of fused-ring (bicyclic) bond motifs is 2. The van der Waals surface area contributed by atoms with E-state index >= 15 is 0 Å². The van der Waals surface area contributed by atoms with Gasteiger partial charge in [0.25, 0.3) is 0 Å². The van der Waals surface area contributed by atoms with E-state index in [1.165, 1.54) is 19.3 Å². The molecule has 1 nitrogen and oxygen atoms in total. The Morgan fingerprint density at radius 3 is 2.67 bits per heavy atom. The summed E-state index contributed by atoms with van der Waals surface area (Å²) in [4.78, 5) is 0. The van der Waals surface area contributed by atoms with Crippen molar-refractivity contribution in [2.24, 2.45) is 5.92 Å². The fourth-order valence-corrected chi connectivity index (χ4v) is 2.59. The van der Waals surface area contributed by atoms with E-state index in [1.807, 2.05) is 0 Å². The van der Waals surface area contributed by atoms with Crippen LogP contribution in [0.25, 0.3) is 0 Å². The van der Waals surface area contributed by atoms with Crippen molar-refractivity contribution in [3.05, 3.63) is 0 Å². The first-order valence-electron chi connectivity index (χ1n) is 3.61. The van der Waals surface area contributed by atoms with Gasteiger partial charge in [0.2, 0.25) is 0 Å². The Morgan fingerprint density at radius 1 is 1.44 bits per heavy atom. The van der Waals surface area contributed by atoms with Gasteiger partial charge in [-0.05, 0) is 25.2 Å². The zero-order valence-corrected chi connectivity index (χ0v) is 6.93. The zero-order valence-electron chi connectivity index (χ0n) is 5.35. The van der Waals surface area contributed by atoms with Crippen LogP contribution in [-0.2, 0) is 4.74 Å². The second kappa shape index (κ2) is 2.24. The van der Waals surface area contributed by atoms with Gasteiger partial charge in [-0.15, -0.1) is 0 Å². The predicted octanol–water partition coefficient (Wildman–Crippen LogP) is 1.95. The fourth-order valence-electron chi connectivity index (χ4n) is 1.91. The zero-order chi connectivity index (χ0) is 6.27. The lowest BCUT2D eigenvalue weighted by molar-refractivity contribution is 0.0956. The van der Waals surface area contributed by atoms with Gasteiger partial charge in [-0.25, -0.2) is 0 Å². The number of halogens is 1. The van der Waals surface area contributed by atoms with Gasteiger partial charge in [0.15, 0.2) is 0 Å². The van der Waals surface area contributed by atoms with Crippen molar-refractivity contribution >= 4 is 15.9 Å². The van der Waals surface area contributed by atoms with Crippen LogP contribution in [0.15, 0.2) is 0 Å². The SMILES string of the molecule is BrCC1CC2CCC1O2. The van der Waals surface area contributed by atoms with Crippen molar-refractivity contribution < 1.29 is 4.74 Å². The molecule has 0 aromatic rings. The lowest BCUT2D eigenvalue weighted by Gasteiger charge is -2.14. The van der Waals surface area contributed by atoms with Crippen LogP contribution in [0.2, 0.25) is 0 Å². The van der Waals surface area contributed by atoms with Crippen LogP contribution in [0.3, 0.4) is 0 Å². The summed E-state index contributed by atoms with van der Waals surface area (Å²) < 4.78 is 5.65. The Hall–Kier alpha value is 0.440. The lowest BCUT2D eigenvalue weighted by atomic mass is 9.91. The van der Waals surface area contributed by atoms with Gasteiger partial charge in [0.1, 0.15) is 0 Å². The first-order valence-corrected chi connectivity index (χ1v) is 4.73. The molecular weight excluding hydrogens is 180 g/mol. The molecule has 2 heterocycles. The van der Waals surface area contributed by atoms with E-state index in [1.54, 1.807) is 0 Å². The summed E-state index contributed by atoms with van der Waals surface area (Å²) in [6, 6.07) is 0. The van der Waals surface area contributed by atoms with Crippen molar-refractivity contribution in [3.63, 3.8) is 0 Å². The highest BCUT2D eigenvalue weighted by atomic mass is 79.9. The number of hydrogen-bond donors (Lipinski definition) is 0. The summed E-state index contributed by atoms with van der Waals surface area (Å²) in [6.45, 7) is 0. The van der Waals surface area contributed by atoms with Crippen LogP contribution < -0.4 is 0 Å². The molecule has 2 bridgehead atoms. The summed E-state index contributed by atoms with van der Waals surface area (Å²) in [7, 11) is 0. The van der Waals surface area contributed by atoms with Crippen LogP contribution in [0, 0.1) is 5.92 Å². The normalized spacial score (nSPS) is 48.3. The molecule has 9 heavy (non-hydrogen) atoms. The van der Waals surface area contributed by atoms with Crippen LogP contribution in [-0.4, -0.2) is 17.5 Å². The van der Waals surface area contributed by atoms with Gasteiger partial charge in [-0.3, -0.25) is 0 Å². The average Bonchev–Trinajstić information content (AvgIpc) is 2.45. The van der Waals surface area contributed by atoms with Crippen molar-refractivity contribution in [1.82, 2.24) is 0 Å². The Labute approximate surface area is 63.9 Å². The van der Waals surface area contributed by atoms with E-state index in [9.17, 15) is 0 Å². The lowest BCUT2D eigenvalue weighted by Crippen LogP contribution is -2.16. The van der Waals surface area contributed by atoms with Gasteiger partial charge in [-0.2, -0.15) is 0 Å². The first kappa shape index (κ1) is 6.17. The maximum atomic E-state index is 5.65. The molecule has 2 aliphatic heterocycles. The molecule has 3 atom stereocenters. The topological polar surface area (TPSA) is 9.23 Å². The summed E-state index contributed by atoms with van der Waals surface area (Å²) in [5, 5.41) is 1.13. The third kappa shape index (κ3) is 0.926. The molecule has 52 valence electrons. The highest BCUT2D eigenvalue weighted by Gasteiger charge is 2.39. The molecule has 0 aromatic carbocycles. The van der Waals surface area contributed by atoms with Crippen LogP contribution in [0.5, 0.6) is 0 Å². The predicted molar refractivity (Wildman–Crippen MR) is 39.8 cm³/mol. The molecule has 3 unspecified atom stereocenters. The first-order chi connectivity index (χ1) is 4.40. The average molecular weight is 191 g/mol. The third-order valence-electron chi connectivity index (χ3n) is 2.43. The molecule has 2 rings (SSSR count). The molecule has 0 N–H and O–H groups in total. The van der Waals surface area contributed by atoms with E-state index in [-0.39, 0.29) is 0 Å².